The molecule has 2 unspecified atom stereocenters. The zero-order valence-corrected chi connectivity index (χ0v) is 12.5. The molecule has 0 radical (unpaired) electrons. The Morgan fingerprint density at radius 1 is 1.11 bits per heavy atom. The Kier molecular flexibility index (Phi) is 6.62. The molecule has 19 heavy (non-hydrogen) atoms. The van der Waals surface area contributed by atoms with Crippen molar-refractivity contribution in [2.45, 2.75) is 82.9 Å². The van der Waals surface area contributed by atoms with Crippen molar-refractivity contribution in [3.63, 3.8) is 0 Å². The molecule has 1 aliphatic heterocycles. The summed E-state index contributed by atoms with van der Waals surface area (Å²) in [6, 6.07) is 1.33. The summed E-state index contributed by atoms with van der Waals surface area (Å²) in [7, 11) is 0. The highest BCUT2D eigenvalue weighted by Gasteiger charge is 2.20. The molecule has 1 saturated heterocycles. The first-order chi connectivity index (χ1) is 9.24. The number of hydrogen-bond acceptors (Lipinski definition) is 3. The Hall–Kier alpha value is -0.120. The Balaban J connectivity index is 1.59. The van der Waals surface area contributed by atoms with Crippen LogP contribution in [0.3, 0.4) is 0 Å². The highest BCUT2D eigenvalue weighted by Crippen LogP contribution is 2.23. The number of aliphatic hydroxyl groups is 1. The van der Waals surface area contributed by atoms with Crippen molar-refractivity contribution < 1.29 is 5.11 Å². The lowest BCUT2D eigenvalue weighted by Crippen LogP contribution is -2.39. The largest absolute Gasteiger partial charge is 0.393 e. The molecule has 3 N–H and O–H groups in total. The van der Waals surface area contributed by atoms with Crippen LogP contribution in [0.25, 0.3) is 0 Å². The monoisotopic (exact) mass is 268 g/mol. The first-order valence-electron chi connectivity index (χ1n) is 8.39. The maximum Gasteiger partial charge on any atom is 0.0540 e. The lowest BCUT2D eigenvalue weighted by Gasteiger charge is -2.28. The number of aliphatic hydroxyl groups excluding tert-OH is 1. The summed E-state index contributed by atoms with van der Waals surface area (Å²) in [6.45, 7) is 4.67. The van der Waals surface area contributed by atoms with Gasteiger partial charge in [0.25, 0.3) is 0 Å². The quantitative estimate of drug-likeness (QED) is 0.717. The summed E-state index contributed by atoms with van der Waals surface area (Å²) in [4.78, 5) is 0. The standard InChI is InChI=1S/C16H32N2O/c1-13(11-15-5-3-2-4-10-17-15)18-12-14-6-8-16(19)9-7-14/h13-19H,2-12H2,1H3. The summed E-state index contributed by atoms with van der Waals surface area (Å²) < 4.78 is 0. The van der Waals surface area contributed by atoms with Crippen molar-refractivity contribution in [2.75, 3.05) is 13.1 Å². The normalized spacial score (nSPS) is 34.7. The molecular weight excluding hydrogens is 236 g/mol. The molecule has 1 saturated carbocycles. The Morgan fingerprint density at radius 2 is 1.89 bits per heavy atom. The number of nitrogens with one attached hydrogen (secondary N) is 2. The maximum atomic E-state index is 9.52. The third kappa shape index (κ3) is 5.80. The van der Waals surface area contributed by atoms with Crippen LogP contribution in [0.2, 0.25) is 0 Å². The molecule has 1 heterocycles. The van der Waals surface area contributed by atoms with Gasteiger partial charge in [-0.1, -0.05) is 12.8 Å². The van der Waals surface area contributed by atoms with Crippen LogP contribution < -0.4 is 10.6 Å². The van der Waals surface area contributed by atoms with E-state index in [1.807, 2.05) is 0 Å². The van der Waals surface area contributed by atoms with E-state index in [1.165, 1.54) is 51.5 Å². The Bertz CT molecular complexity index is 231. The lowest BCUT2D eigenvalue weighted by molar-refractivity contribution is 0.107. The van der Waals surface area contributed by atoms with Crippen LogP contribution in [0.5, 0.6) is 0 Å². The van der Waals surface area contributed by atoms with E-state index in [-0.39, 0.29) is 6.10 Å². The van der Waals surface area contributed by atoms with Gasteiger partial charge in [-0.05, 0) is 70.9 Å². The number of hydrogen-bond donors (Lipinski definition) is 3. The van der Waals surface area contributed by atoms with Gasteiger partial charge in [0.2, 0.25) is 0 Å². The molecule has 3 heteroatoms. The van der Waals surface area contributed by atoms with Gasteiger partial charge in [-0.2, -0.15) is 0 Å². The smallest absolute Gasteiger partial charge is 0.0540 e. The van der Waals surface area contributed by atoms with Crippen LogP contribution >= 0.6 is 0 Å². The molecule has 2 aliphatic rings. The predicted octanol–water partition coefficient (Wildman–Crippen LogP) is 2.44. The molecule has 0 aromatic heterocycles. The summed E-state index contributed by atoms with van der Waals surface area (Å²) in [5, 5.41) is 16.9. The fourth-order valence-corrected chi connectivity index (χ4v) is 3.53. The Morgan fingerprint density at radius 3 is 2.68 bits per heavy atom. The Labute approximate surface area is 118 Å². The van der Waals surface area contributed by atoms with Crippen LogP contribution in [0.15, 0.2) is 0 Å². The topological polar surface area (TPSA) is 44.3 Å². The van der Waals surface area contributed by atoms with Crippen molar-refractivity contribution in [2.24, 2.45) is 5.92 Å². The highest BCUT2D eigenvalue weighted by molar-refractivity contribution is 4.78. The third-order valence-electron chi connectivity index (χ3n) is 4.87. The third-order valence-corrected chi connectivity index (χ3v) is 4.87. The van der Waals surface area contributed by atoms with Crippen molar-refractivity contribution >= 4 is 0 Å². The first kappa shape index (κ1) is 15.3. The second kappa shape index (κ2) is 8.23. The fraction of sp³-hybridized carbons (Fsp3) is 1.00. The molecule has 0 aromatic carbocycles. The molecule has 1 aliphatic carbocycles. The van der Waals surface area contributed by atoms with E-state index in [0.717, 1.165) is 31.3 Å². The zero-order valence-electron chi connectivity index (χ0n) is 12.5. The van der Waals surface area contributed by atoms with Gasteiger partial charge >= 0.3 is 0 Å². The minimum absolute atomic E-state index is 0.0242. The average molecular weight is 268 g/mol. The molecule has 2 atom stereocenters. The second-order valence-corrected chi connectivity index (χ2v) is 6.72. The average Bonchev–Trinajstić information content (AvgIpc) is 2.67. The van der Waals surface area contributed by atoms with Gasteiger partial charge in [0, 0.05) is 12.1 Å². The molecule has 0 bridgehead atoms. The van der Waals surface area contributed by atoms with Crippen LogP contribution in [0.1, 0.15) is 64.7 Å². The van der Waals surface area contributed by atoms with Gasteiger partial charge in [-0.25, -0.2) is 0 Å². The molecule has 2 rings (SSSR count). The fourth-order valence-electron chi connectivity index (χ4n) is 3.53. The minimum atomic E-state index is -0.0242. The molecule has 3 nitrogen and oxygen atoms in total. The van der Waals surface area contributed by atoms with Gasteiger partial charge in [-0.15, -0.1) is 0 Å². The van der Waals surface area contributed by atoms with E-state index in [4.69, 9.17) is 0 Å². The van der Waals surface area contributed by atoms with Crippen LogP contribution in [-0.2, 0) is 0 Å². The van der Waals surface area contributed by atoms with Crippen molar-refractivity contribution in [3.05, 3.63) is 0 Å². The first-order valence-corrected chi connectivity index (χ1v) is 8.39. The van der Waals surface area contributed by atoms with Gasteiger partial charge in [0.05, 0.1) is 6.10 Å². The molecule has 2 fully saturated rings. The van der Waals surface area contributed by atoms with Gasteiger partial charge in [0.1, 0.15) is 0 Å². The molecule has 112 valence electrons. The summed E-state index contributed by atoms with van der Waals surface area (Å²) in [5.74, 6) is 0.785. The number of rotatable bonds is 5. The molecule has 0 aromatic rings. The molecule has 0 amide bonds. The minimum Gasteiger partial charge on any atom is -0.393 e. The summed E-state index contributed by atoms with van der Waals surface area (Å²) in [6.07, 6.45) is 11.1. The lowest BCUT2D eigenvalue weighted by atomic mass is 9.87. The van der Waals surface area contributed by atoms with E-state index in [1.54, 1.807) is 0 Å². The highest BCUT2D eigenvalue weighted by atomic mass is 16.3. The van der Waals surface area contributed by atoms with Gasteiger partial charge < -0.3 is 15.7 Å². The van der Waals surface area contributed by atoms with Crippen molar-refractivity contribution in [1.29, 1.82) is 0 Å². The van der Waals surface area contributed by atoms with Gasteiger partial charge in [0.15, 0.2) is 0 Å². The second-order valence-electron chi connectivity index (χ2n) is 6.72. The van der Waals surface area contributed by atoms with Crippen molar-refractivity contribution in [3.8, 4) is 0 Å². The van der Waals surface area contributed by atoms with Crippen molar-refractivity contribution in [1.82, 2.24) is 10.6 Å². The van der Waals surface area contributed by atoms with E-state index in [2.05, 4.69) is 17.6 Å². The summed E-state index contributed by atoms with van der Waals surface area (Å²) >= 11 is 0. The zero-order chi connectivity index (χ0) is 13.5. The SMILES string of the molecule is CC(CC1CCCCCN1)NCC1CCC(O)CC1. The molecular formula is C16H32N2O. The van der Waals surface area contributed by atoms with E-state index in [0.29, 0.717) is 6.04 Å². The van der Waals surface area contributed by atoms with Gasteiger partial charge in [-0.3, -0.25) is 0 Å². The van der Waals surface area contributed by atoms with Crippen LogP contribution in [0.4, 0.5) is 0 Å². The predicted molar refractivity (Wildman–Crippen MR) is 80.3 cm³/mol. The van der Waals surface area contributed by atoms with E-state index in [9.17, 15) is 5.11 Å². The maximum absolute atomic E-state index is 9.52. The van der Waals surface area contributed by atoms with Crippen LogP contribution in [-0.4, -0.2) is 36.4 Å². The molecule has 0 spiro atoms. The summed E-state index contributed by atoms with van der Waals surface area (Å²) in [5.41, 5.74) is 0. The van der Waals surface area contributed by atoms with Crippen LogP contribution in [0, 0.1) is 5.92 Å². The van der Waals surface area contributed by atoms with E-state index < -0.39 is 0 Å². The van der Waals surface area contributed by atoms with E-state index >= 15 is 0 Å².